The van der Waals surface area contributed by atoms with E-state index in [9.17, 15) is 0 Å². The van der Waals surface area contributed by atoms with Gasteiger partial charge in [0.05, 0.1) is 0 Å². The van der Waals surface area contributed by atoms with Crippen LogP contribution in [0.3, 0.4) is 0 Å². The zero-order valence-corrected chi connectivity index (χ0v) is 8.48. The van der Waals surface area contributed by atoms with E-state index in [1.165, 1.54) is 38.5 Å². The molecule has 0 atom stereocenters. The molecule has 2 heteroatoms. The normalized spacial score (nSPS) is 10.0. The van der Waals surface area contributed by atoms with Gasteiger partial charge >= 0.3 is 22.1 Å². The van der Waals surface area contributed by atoms with Crippen molar-refractivity contribution in [3.8, 4) is 0 Å². The molecule has 0 heterocycles. The van der Waals surface area contributed by atoms with Gasteiger partial charge < -0.3 is 3.17 Å². The van der Waals surface area contributed by atoms with Gasteiger partial charge in [-0.2, -0.15) is 0 Å². The van der Waals surface area contributed by atoms with Crippen LogP contribution in [0.5, 0.6) is 0 Å². The third kappa shape index (κ3) is 8.73. The first-order valence-electron chi connectivity index (χ1n) is 4.28. The van der Waals surface area contributed by atoms with E-state index in [0.717, 1.165) is 6.61 Å². The van der Waals surface area contributed by atoms with Crippen LogP contribution >= 0.6 is 0 Å². The summed E-state index contributed by atoms with van der Waals surface area (Å²) in [7, 11) is 0. The van der Waals surface area contributed by atoms with E-state index in [2.05, 4.69) is 6.92 Å². The molecule has 0 unspecified atom stereocenters. The van der Waals surface area contributed by atoms with Gasteiger partial charge in [-0.15, -0.1) is 0 Å². The van der Waals surface area contributed by atoms with Crippen LogP contribution in [0.15, 0.2) is 0 Å². The minimum atomic E-state index is 0.949. The molecule has 0 bridgehead atoms. The van der Waals surface area contributed by atoms with E-state index in [4.69, 9.17) is 3.17 Å². The van der Waals surface area contributed by atoms with Crippen molar-refractivity contribution in [1.82, 2.24) is 0 Å². The lowest BCUT2D eigenvalue weighted by Gasteiger charge is -2.00. The summed E-state index contributed by atoms with van der Waals surface area (Å²) in [6, 6.07) is 0. The van der Waals surface area contributed by atoms with E-state index in [-0.39, 0.29) is 0 Å². The van der Waals surface area contributed by atoms with Gasteiger partial charge in [-0.25, -0.2) is 0 Å². The molecule has 0 rings (SSSR count). The van der Waals surface area contributed by atoms with Crippen LogP contribution in [0.4, 0.5) is 0 Å². The Balaban J connectivity index is 2.65. The molecular formula is C8H17MgO. The molecule has 0 saturated heterocycles. The van der Waals surface area contributed by atoms with Gasteiger partial charge in [-0.3, -0.25) is 0 Å². The lowest BCUT2D eigenvalue weighted by Crippen LogP contribution is -1.89. The minimum absolute atomic E-state index is 0.949. The molecule has 0 aromatic rings. The van der Waals surface area contributed by atoms with Gasteiger partial charge in [0.2, 0.25) is 0 Å². The van der Waals surface area contributed by atoms with Crippen molar-refractivity contribution in [3.63, 3.8) is 0 Å². The van der Waals surface area contributed by atoms with Crippen LogP contribution in [0.25, 0.3) is 0 Å². The Morgan fingerprint density at radius 1 is 1.00 bits per heavy atom. The van der Waals surface area contributed by atoms with Crippen molar-refractivity contribution in [3.05, 3.63) is 0 Å². The molecule has 57 valence electrons. The minimum Gasteiger partial charge on any atom is -0.584 e. The predicted octanol–water partition coefficient (Wildman–Crippen LogP) is 2.45. The van der Waals surface area contributed by atoms with Crippen LogP contribution in [-0.4, -0.2) is 28.7 Å². The molecule has 0 N–H and O–H groups in total. The van der Waals surface area contributed by atoms with E-state index in [1.54, 1.807) is 22.1 Å². The fourth-order valence-corrected chi connectivity index (χ4v) is 1.19. The van der Waals surface area contributed by atoms with Crippen LogP contribution in [0.1, 0.15) is 45.4 Å². The third-order valence-corrected chi connectivity index (χ3v) is 1.93. The Morgan fingerprint density at radius 2 is 1.60 bits per heavy atom. The average molecular weight is 154 g/mol. The number of hydrogen-bond donors (Lipinski definition) is 0. The number of rotatable bonds is 7. The van der Waals surface area contributed by atoms with Crippen molar-refractivity contribution in [2.75, 3.05) is 6.61 Å². The van der Waals surface area contributed by atoms with Crippen LogP contribution < -0.4 is 0 Å². The molecule has 1 radical (unpaired) electrons. The van der Waals surface area contributed by atoms with Crippen LogP contribution in [0, 0.1) is 0 Å². The highest BCUT2D eigenvalue weighted by Gasteiger charge is 1.87. The monoisotopic (exact) mass is 153 g/mol. The Kier molecular flexibility index (Phi) is 10.4. The first-order chi connectivity index (χ1) is 4.91. The van der Waals surface area contributed by atoms with Crippen molar-refractivity contribution in [2.45, 2.75) is 45.4 Å². The topological polar surface area (TPSA) is 9.23 Å². The molecular weight excluding hydrogens is 136 g/mol. The van der Waals surface area contributed by atoms with E-state index >= 15 is 0 Å². The Bertz CT molecular complexity index is 49.2. The molecule has 0 aliphatic rings. The molecule has 10 heavy (non-hydrogen) atoms. The quantitative estimate of drug-likeness (QED) is 0.403. The van der Waals surface area contributed by atoms with E-state index < -0.39 is 0 Å². The van der Waals surface area contributed by atoms with Gasteiger partial charge in [-0.05, 0) is 6.42 Å². The van der Waals surface area contributed by atoms with Crippen molar-refractivity contribution < 1.29 is 3.17 Å². The molecule has 0 aromatic heterocycles. The van der Waals surface area contributed by atoms with Gasteiger partial charge in [0.1, 0.15) is 0 Å². The summed E-state index contributed by atoms with van der Waals surface area (Å²) in [5.41, 5.74) is 0. The molecule has 1 nitrogen and oxygen atoms in total. The van der Waals surface area contributed by atoms with Gasteiger partial charge in [0.15, 0.2) is 0 Å². The molecule has 0 spiro atoms. The van der Waals surface area contributed by atoms with E-state index in [0.29, 0.717) is 0 Å². The summed E-state index contributed by atoms with van der Waals surface area (Å²) in [4.78, 5) is 0. The second-order valence-corrected chi connectivity index (χ2v) is 3.08. The molecule has 0 aliphatic heterocycles. The summed E-state index contributed by atoms with van der Waals surface area (Å²) in [5, 5.41) is 0. The predicted molar refractivity (Wildman–Crippen MR) is 45.1 cm³/mol. The summed E-state index contributed by atoms with van der Waals surface area (Å²) >= 11 is 1.60. The maximum atomic E-state index is 4.98. The summed E-state index contributed by atoms with van der Waals surface area (Å²) in [6.07, 6.45) is 8.12. The first-order valence-corrected chi connectivity index (χ1v) is 4.86. The van der Waals surface area contributed by atoms with Crippen molar-refractivity contribution >= 4 is 22.1 Å². The lowest BCUT2D eigenvalue weighted by atomic mass is 10.1. The zero-order valence-electron chi connectivity index (χ0n) is 7.07. The summed E-state index contributed by atoms with van der Waals surface area (Å²) in [6.45, 7) is 3.20. The van der Waals surface area contributed by atoms with Crippen LogP contribution in [0.2, 0.25) is 0 Å². The molecule has 0 fully saturated rings. The highest BCUT2D eigenvalue weighted by atomic mass is 24.4. The maximum Gasteiger partial charge on any atom is 0.452 e. The van der Waals surface area contributed by atoms with Crippen molar-refractivity contribution in [2.24, 2.45) is 0 Å². The summed E-state index contributed by atoms with van der Waals surface area (Å²) < 4.78 is 4.98. The fraction of sp³-hybridized carbons (Fsp3) is 1.00. The Morgan fingerprint density at radius 3 is 2.20 bits per heavy atom. The molecule has 0 saturated carbocycles. The molecule has 0 amide bonds. The Labute approximate surface area is 77.5 Å². The highest BCUT2D eigenvalue weighted by molar-refractivity contribution is 5.97. The number of unbranched alkanes of at least 4 members (excludes halogenated alkanes) is 5. The number of hydrogen-bond acceptors (Lipinski definition) is 1. The fourth-order valence-electron chi connectivity index (χ4n) is 0.984. The standard InChI is InChI=1S/C8H17O.Mg/c1-2-3-4-5-6-7-8-9;/h2-8H2,1H3;/q-1;+1. The van der Waals surface area contributed by atoms with Crippen LogP contribution in [-0.2, 0) is 3.17 Å². The zero-order chi connectivity index (χ0) is 7.66. The average Bonchev–Trinajstić information content (AvgIpc) is 1.97. The summed E-state index contributed by atoms with van der Waals surface area (Å²) in [5.74, 6) is 0. The van der Waals surface area contributed by atoms with Gasteiger partial charge in [0.25, 0.3) is 0 Å². The highest BCUT2D eigenvalue weighted by Crippen LogP contribution is 2.04. The molecule has 0 aliphatic carbocycles. The largest absolute Gasteiger partial charge is 0.584 e. The maximum absolute atomic E-state index is 4.98. The third-order valence-electron chi connectivity index (χ3n) is 1.64. The van der Waals surface area contributed by atoms with E-state index in [1.807, 2.05) is 0 Å². The molecule has 0 aromatic carbocycles. The second kappa shape index (κ2) is 9.73. The van der Waals surface area contributed by atoms with Crippen molar-refractivity contribution in [1.29, 1.82) is 0 Å². The van der Waals surface area contributed by atoms with Gasteiger partial charge in [-0.1, -0.05) is 39.0 Å². The SMILES string of the molecule is CCCCCCCC[O][Mg]. The van der Waals surface area contributed by atoms with Gasteiger partial charge in [0, 0.05) is 6.61 Å². The smallest absolute Gasteiger partial charge is 0.452 e. The Hall–Kier alpha value is 0.726. The lowest BCUT2D eigenvalue weighted by molar-refractivity contribution is 0.333. The second-order valence-electron chi connectivity index (χ2n) is 2.68. The first kappa shape index (κ1) is 10.7.